The molecule has 0 unspecified atom stereocenters. The smallest absolute Gasteiger partial charge is 0.223 e. The molecule has 3 nitrogen and oxygen atoms in total. The van der Waals surface area contributed by atoms with Gasteiger partial charge in [0, 0.05) is 32.6 Å². The predicted molar refractivity (Wildman–Crippen MR) is 102 cm³/mol. The number of hydrogen-bond donors (Lipinski definition) is 1. The summed E-state index contributed by atoms with van der Waals surface area (Å²) < 4.78 is 0. The summed E-state index contributed by atoms with van der Waals surface area (Å²) in [5.74, 6) is 1.47. The summed E-state index contributed by atoms with van der Waals surface area (Å²) in [4.78, 5) is 14.1. The molecule has 0 aromatic heterocycles. The molecule has 1 N–H and O–H groups in total. The first-order chi connectivity index (χ1) is 12.1. The highest BCUT2D eigenvalue weighted by Crippen LogP contribution is 2.42. The van der Waals surface area contributed by atoms with E-state index in [4.69, 9.17) is 0 Å². The molecule has 1 saturated carbocycles. The van der Waals surface area contributed by atoms with Crippen LogP contribution in [0.1, 0.15) is 36.8 Å². The zero-order chi connectivity index (χ0) is 17.6. The summed E-state index contributed by atoms with van der Waals surface area (Å²) in [6, 6.07) is 21.4. The molecule has 132 valence electrons. The van der Waals surface area contributed by atoms with Gasteiger partial charge in [0.25, 0.3) is 0 Å². The fraction of sp³-hybridized carbons (Fsp3) is 0.409. The lowest BCUT2D eigenvalue weighted by atomic mass is 9.67. The third-order valence-electron chi connectivity index (χ3n) is 5.44. The molecule has 1 aliphatic carbocycles. The molecule has 0 aliphatic heterocycles. The standard InChI is InChI=1S/C22H28N2O/c1-17-20(19-11-7-4-8-12-19)15-21(17)23-14-13-22(25)24(2)16-18-9-5-3-6-10-18/h3-12,17,20-21,23H,13-16H2,1-2H3/t17-,20-,21-/m0/s1. The highest BCUT2D eigenvalue weighted by molar-refractivity contribution is 5.76. The first-order valence-corrected chi connectivity index (χ1v) is 9.21. The number of carbonyl (C=O) groups is 1. The summed E-state index contributed by atoms with van der Waals surface area (Å²) in [6.07, 6.45) is 1.72. The predicted octanol–water partition coefficient (Wildman–Crippen LogP) is 3.82. The lowest BCUT2D eigenvalue weighted by Crippen LogP contribution is -2.48. The fourth-order valence-electron chi connectivity index (χ4n) is 3.70. The number of carbonyl (C=O) groups excluding carboxylic acids is 1. The molecule has 0 heterocycles. The minimum absolute atomic E-state index is 0.197. The Hall–Kier alpha value is -2.13. The van der Waals surface area contributed by atoms with Gasteiger partial charge in [-0.3, -0.25) is 4.79 Å². The van der Waals surface area contributed by atoms with E-state index in [0.717, 1.165) is 6.54 Å². The molecule has 25 heavy (non-hydrogen) atoms. The maximum atomic E-state index is 12.3. The van der Waals surface area contributed by atoms with Gasteiger partial charge in [0.2, 0.25) is 5.91 Å². The normalized spacial score (nSPS) is 22.2. The van der Waals surface area contributed by atoms with Crippen molar-refractivity contribution in [1.82, 2.24) is 10.2 Å². The quantitative estimate of drug-likeness (QED) is 0.834. The Bertz CT molecular complexity index is 671. The van der Waals surface area contributed by atoms with Crippen LogP contribution in [0, 0.1) is 5.92 Å². The van der Waals surface area contributed by atoms with E-state index in [0.29, 0.717) is 30.8 Å². The van der Waals surface area contributed by atoms with E-state index in [-0.39, 0.29) is 5.91 Å². The molecule has 0 saturated heterocycles. The van der Waals surface area contributed by atoms with E-state index in [1.807, 2.05) is 30.1 Å². The zero-order valence-corrected chi connectivity index (χ0v) is 15.2. The second-order valence-electron chi connectivity index (χ2n) is 7.16. The first kappa shape index (κ1) is 17.7. The van der Waals surface area contributed by atoms with Gasteiger partial charge in [0.1, 0.15) is 0 Å². The Morgan fingerprint density at radius 3 is 2.36 bits per heavy atom. The number of benzene rings is 2. The molecule has 1 aliphatic rings. The molecule has 3 atom stereocenters. The van der Waals surface area contributed by atoms with Gasteiger partial charge in [0.15, 0.2) is 0 Å². The molecular formula is C22H28N2O. The average molecular weight is 336 g/mol. The van der Waals surface area contributed by atoms with Crippen LogP contribution in [-0.2, 0) is 11.3 Å². The topological polar surface area (TPSA) is 32.3 Å². The Morgan fingerprint density at radius 1 is 1.08 bits per heavy atom. The third-order valence-corrected chi connectivity index (χ3v) is 5.44. The summed E-state index contributed by atoms with van der Waals surface area (Å²) in [5.41, 5.74) is 2.61. The highest BCUT2D eigenvalue weighted by atomic mass is 16.2. The number of nitrogens with zero attached hydrogens (tertiary/aromatic N) is 1. The Kier molecular flexibility index (Phi) is 5.87. The van der Waals surface area contributed by atoms with E-state index < -0.39 is 0 Å². The van der Waals surface area contributed by atoms with E-state index in [1.165, 1.54) is 17.5 Å². The van der Waals surface area contributed by atoms with Gasteiger partial charge >= 0.3 is 0 Å². The van der Waals surface area contributed by atoms with Crippen molar-refractivity contribution in [3.05, 3.63) is 71.8 Å². The molecule has 2 aromatic rings. The van der Waals surface area contributed by atoms with E-state index in [2.05, 4.69) is 54.7 Å². The average Bonchev–Trinajstić information content (AvgIpc) is 2.65. The molecule has 1 fully saturated rings. The fourth-order valence-corrected chi connectivity index (χ4v) is 3.70. The van der Waals surface area contributed by atoms with Gasteiger partial charge in [0.05, 0.1) is 0 Å². The van der Waals surface area contributed by atoms with Crippen molar-refractivity contribution in [2.75, 3.05) is 13.6 Å². The highest BCUT2D eigenvalue weighted by Gasteiger charge is 2.37. The van der Waals surface area contributed by atoms with Gasteiger partial charge in [-0.15, -0.1) is 0 Å². The van der Waals surface area contributed by atoms with Crippen LogP contribution in [0.2, 0.25) is 0 Å². The van der Waals surface area contributed by atoms with Gasteiger partial charge in [-0.2, -0.15) is 0 Å². The molecule has 0 bridgehead atoms. The van der Waals surface area contributed by atoms with Crippen molar-refractivity contribution in [2.24, 2.45) is 5.92 Å². The lowest BCUT2D eigenvalue weighted by Gasteiger charge is -2.44. The monoisotopic (exact) mass is 336 g/mol. The van der Waals surface area contributed by atoms with E-state index in [9.17, 15) is 4.79 Å². The Labute approximate surface area is 151 Å². The molecule has 3 rings (SSSR count). The Balaban J connectivity index is 1.38. The van der Waals surface area contributed by atoms with Crippen LogP contribution in [-0.4, -0.2) is 30.4 Å². The van der Waals surface area contributed by atoms with Crippen molar-refractivity contribution in [3.63, 3.8) is 0 Å². The largest absolute Gasteiger partial charge is 0.341 e. The van der Waals surface area contributed by atoms with Crippen LogP contribution < -0.4 is 5.32 Å². The second-order valence-corrected chi connectivity index (χ2v) is 7.16. The maximum absolute atomic E-state index is 12.3. The van der Waals surface area contributed by atoms with Gasteiger partial charge < -0.3 is 10.2 Å². The minimum Gasteiger partial charge on any atom is -0.341 e. The molecular weight excluding hydrogens is 308 g/mol. The number of hydrogen-bond acceptors (Lipinski definition) is 2. The number of amides is 1. The third kappa shape index (κ3) is 4.49. The van der Waals surface area contributed by atoms with Crippen LogP contribution in [0.3, 0.4) is 0 Å². The zero-order valence-electron chi connectivity index (χ0n) is 15.2. The lowest BCUT2D eigenvalue weighted by molar-refractivity contribution is -0.130. The second kappa shape index (κ2) is 8.30. The van der Waals surface area contributed by atoms with Crippen LogP contribution >= 0.6 is 0 Å². The van der Waals surface area contributed by atoms with Crippen LogP contribution in [0.25, 0.3) is 0 Å². The van der Waals surface area contributed by atoms with Crippen molar-refractivity contribution < 1.29 is 4.79 Å². The first-order valence-electron chi connectivity index (χ1n) is 9.21. The summed E-state index contributed by atoms with van der Waals surface area (Å²) in [6.45, 7) is 3.74. The van der Waals surface area contributed by atoms with Crippen LogP contribution in [0.4, 0.5) is 0 Å². The molecule has 0 spiro atoms. The SMILES string of the molecule is C[C@@H]1[C@@H](NCCC(=O)N(C)Cc2ccccc2)C[C@@H]1c1ccccc1. The summed E-state index contributed by atoms with van der Waals surface area (Å²) in [5, 5.41) is 3.57. The molecule has 3 heteroatoms. The summed E-state index contributed by atoms with van der Waals surface area (Å²) >= 11 is 0. The molecule has 1 amide bonds. The maximum Gasteiger partial charge on any atom is 0.223 e. The van der Waals surface area contributed by atoms with Crippen molar-refractivity contribution in [1.29, 1.82) is 0 Å². The van der Waals surface area contributed by atoms with Crippen molar-refractivity contribution >= 4 is 5.91 Å². The van der Waals surface area contributed by atoms with Crippen LogP contribution in [0.15, 0.2) is 60.7 Å². The van der Waals surface area contributed by atoms with Gasteiger partial charge in [-0.1, -0.05) is 67.6 Å². The Morgan fingerprint density at radius 2 is 1.72 bits per heavy atom. The molecule has 0 radical (unpaired) electrons. The van der Waals surface area contributed by atoms with Gasteiger partial charge in [-0.25, -0.2) is 0 Å². The number of rotatable bonds is 7. The summed E-state index contributed by atoms with van der Waals surface area (Å²) in [7, 11) is 1.88. The minimum atomic E-state index is 0.197. The van der Waals surface area contributed by atoms with Gasteiger partial charge in [-0.05, 0) is 29.4 Å². The van der Waals surface area contributed by atoms with E-state index >= 15 is 0 Å². The van der Waals surface area contributed by atoms with Crippen molar-refractivity contribution in [2.45, 2.75) is 38.3 Å². The van der Waals surface area contributed by atoms with Crippen molar-refractivity contribution in [3.8, 4) is 0 Å². The molecule has 2 aromatic carbocycles. The van der Waals surface area contributed by atoms with Crippen LogP contribution in [0.5, 0.6) is 0 Å². The number of nitrogens with one attached hydrogen (secondary N) is 1. The van der Waals surface area contributed by atoms with E-state index in [1.54, 1.807) is 0 Å².